The van der Waals surface area contributed by atoms with Crippen LogP contribution < -0.4 is 0 Å². The molecule has 2 atom stereocenters. The third-order valence-corrected chi connectivity index (χ3v) is 4.42. The Kier molecular flexibility index (Phi) is 39.5. The molecule has 0 saturated carbocycles. The van der Waals surface area contributed by atoms with Gasteiger partial charge in [-0.1, -0.05) is 151 Å². The molecular formula is C30H60. The Bertz CT molecular complexity index is 400. The number of hydrogen-bond donors (Lipinski definition) is 0. The molecule has 30 heavy (non-hydrogen) atoms. The lowest BCUT2D eigenvalue weighted by Crippen LogP contribution is -1.99. The molecule has 0 amide bonds. The van der Waals surface area contributed by atoms with Gasteiger partial charge in [0.25, 0.3) is 0 Å². The van der Waals surface area contributed by atoms with Crippen molar-refractivity contribution in [3.63, 3.8) is 0 Å². The summed E-state index contributed by atoms with van der Waals surface area (Å²) in [5, 5.41) is 0. The molecule has 1 aromatic rings. The van der Waals surface area contributed by atoms with Crippen molar-refractivity contribution in [2.75, 3.05) is 0 Å². The molecule has 1 rings (SSSR count). The summed E-state index contributed by atoms with van der Waals surface area (Å²) in [6.45, 7) is 27.9. The molecular weight excluding hydrogens is 360 g/mol. The molecule has 0 bridgehead atoms. The quantitative estimate of drug-likeness (QED) is 0.367. The van der Waals surface area contributed by atoms with Crippen molar-refractivity contribution in [3.05, 3.63) is 48.0 Å². The molecule has 0 aliphatic carbocycles. The van der Waals surface area contributed by atoms with Crippen LogP contribution in [0, 0.1) is 11.8 Å². The van der Waals surface area contributed by atoms with E-state index in [4.69, 9.17) is 0 Å². The number of allylic oxidation sites excluding steroid dienone is 1. The van der Waals surface area contributed by atoms with E-state index in [2.05, 4.69) is 107 Å². The third kappa shape index (κ3) is 31.6. The van der Waals surface area contributed by atoms with E-state index in [9.17, 15) is 0 Å². The minimum absolute atomic E-state index is 0.577. The molecule has 180 valence electrons. The largest absolute Gasteiger partial charge is 0.103 e. The van der Waals surface area contributed by atoms with Crippen LogP contribution in [0.3, 0.4) is 0 Å². The monoisotopic (exact) mass is 420 g/mol. The van der Waals surface area contributed by atoms with Crippen molar-refractivity contribution < 1.29 is 0 Å². The minimum atomic E-state index is 0.577. The van der Waals surface area contributed by atoms with E-state index < -0.39 is 0 Å². The van der Waals surface area contributed by atoms with Gasteiger partial charge < -0.3 is 0 Å². The van der Waals surface area contributed by atoms with Gasteiger partial charge in [-0.25, -0.2) is 0 Å². The van der Waals surface area contributed by atoms with E-state index in [0.29, 0.717) is 5.92 Å². The maximum Gasteiger partial charge on any atom is -0.0216 e. The van der Waals surface area contributed by atoms with Gasteiger partial charge in [0.15, 0.2) is 0 Å². The Hall–Kier alpha value is -1.04. The van der Waals surface area contributed by atoms with E-state index >= 15 is 0 Å². The maximum atomic E-state index is 3.81. The first kappa shape index (κ1) is 36.3. The van der Waals surface area contributed by atoms with Crippen molar-refractivity contribution in [2.45, 2.75) is 134 Å². The summed E-state index contributed by atoms with van der Waals surface area (Å²) in [4.78, 5) is 0. The fourth-order valence-electron chi connectivity index (χ4n) is 2.23. The lowest BCUT2D eigenvalue weighted by Gasteiger charge is -2.10. The standard InChI is InChI=1S/C13H18.C7H16.C4H10.2C3H8/c1-4-11(3)10-13-9-7-6-8-12(13)5-2;1-4-6-7(3)5-2;1-3-4-2;2*1-3-2/h4,6-9,11H,1,5,10H2,2-3H3;7H,4-6H2,1-3H3;3-4H2,1-2H3;2*3H2,1-2H3. The fourth-order valence-corrected chi connectivity index (χ4v) is 2.23. The molecule has 0 spiro atoms. The lowest BCUT2D eigenvalue weighted by molar-refractivity contribution is 0.509. The van der Waals surface area contributed by atoms with Crippen LogP contribution >= 0.6 is 0 Å². The molecule has 0 fully saturated rings. The average molecular weight is 421 g/mol. The Labute approximate surface area is 194 Å². The number of hydrogen-bond acceptors (Lipinski definition) is 0. The van der Waals surface area contributed by atoms with Gasteiger partial charge in [-0.15, -0.1) is 6.58 Å². The zero-order valence-electron chi connectivity index (χ0n) is 23.1. The molecule has 0 aliphatic heterocycles. The molecule has 0 aliphatic rings. The van der Waals surface area contributed by atoms with Crippen LogP contribution in [0.2, 0.25) is 0 Å². The minimum Gasteiger partial charge on any atom is -0.103 e. The smallest absolute Gasteiger partial charge is 0.0216 e. The second kappa shape index (κ2) is 32.6. The van der Waals surface area contributed by atoms with E-state index in [-0.39, 0.29) is 0 Å². The van der Waals surface area contributed by atoms with Gasteiger partial charge in [-0.2, -0.15) is 0 Å². The zero-order chi connectivity index (χ0) is 24.2. The van der Waals surface area contributed by atoms with Crippen LogP contribution in [0.15, 0.2) is 36.9 Å². The van der Waals surface area contributed by atoms with Crippen molar-refractivity contribution >= 4 is 0 Å². The number of rotatable bonds is 8. The second-order valence-electron chi connectivity index (χ2n) is 8.26. The highest BCUT2D eigenvalue weighted by atomic mass is 14.1. The highest BCUT2D eigenvalue weighted by Crippen LogP contribution is 2.14. The summed E-state index contributed by atoms with van der Waals surface area (Å²) in [6, 6.07) is 8.66. The summed E-state index contributed by atoms with van der Waals surface area (Å²) in [5.41, 5.74) is 2.94. The highest BCUT2D eigenvalue weighted by molar-refractivity contribution is 5.27. The van der Waals surface area contributed by atoms with Crippen LogP contribution in [0.5, 0.6) is 0 Å². The van der Waals surface area contributed by atoms with Crippen LogP contribution in [0.4, 0.5) is 0 Å². The number of aryl methyl sites for hydroxylation is 1. The predicted octanol–water partition coefficient (Wildman–Crippen LogP) is 11.1. The first-order chi connectivity index (χ1) is 14.3. The molecule has 0 heteroatoms. The van der Waals surface area contributed by atoms with E-state index in [1.807, 2.05) is 6.08 Å². The van der Waals surface area contributed by atoms with E-state index in [1.165, 1.54) is 56.1 Å². The lowest BCUT2D eigenvalue weighted by atomic mass is 9.96. The zero-order valence-corrected chi connectivity index (χ0v) is 23.1. The van der Waals surface area contributed by atoms with Gasteiger partial charge in [-0.3, -0.25) is 0 Å². The summed E-state index contributed by atoms with van der Waals surface area (Å²) in [7, 11) is 0. The first-order valence-corrected chi connectivity index (χ1v) is 13.0. The Morgan fingerprint density at radius 1 is 0.733 bits per heavy atom. The van der Waals surface area contributed by atoms with Gasteiger partial charge in [0.1, 0.15) is 0 Å². The molecule has 0 N–H and O–H groups in total. The molecule has 2 unspecified atom stereocenters. The SMILES string of the molecule is C=CC(C)Cc1ccccc1CC.CCC.CCC.CCCC.CCCC(C)CC. The van der Waals surface area contributed by atoms with Gasteiger partial charge in [0.2, 0.25) is 0 Å². The Morgan fingerprint density at radius 3 is 1.43 bits per heavy atom. The summed E-state index contributed by atoms with van der Waals surface area (Å²) in [5.74, 6) is 1.53. The van der Waals surface area contributed by atoms with E-state index in [1.54, 1.807) is 0 Å². The van der Waals surface area contributed by atoms with Crippen molar-refractivity contribution in [1.29, 1.82) is 0 Å². The van der Waals surface area contributed by atoms with Crippen molar-refractivity contribution in [2.24, 2.45) is 11.8 Å². The van der Waals surface area contributed by atoms with Crippen LogP contribution in [-0.2, 0) is 12.8 Å². The number of benzene rings is 1. The summed E-state index contributed by atoms with van der Waals surface area (Å²) in [6.07, 6.45) is 13.5. The molecule has 0 aromatic heterocycles. The van der Waals surface area contributed by atoms with Crippen LogP contribution in [0.1, 0.15) is 132 Å². The summed E-state index contributed by atoms with van der Waals surface area (Å²) >= 11 is 0. The van der Waals surface area contributed by atoms with Crippen molar-refractivity contribution in [1.82, 2.24) is 0 Å². The topological polar surface area (TPSA) is 0 Å². The molecule has 0 saturated heterocycles. The third-order valence-electron chi connectivity index (χ3n) is 4.42. The van der Waals surface area contributed by atoms with Crippen LogP contribution in [0.25, 0.3) is 0 Å². The maximum absolute atomic E-state index is 3.81. The van der Waals surface area contributed by atoms with Gasteiger partial charge in [0.05, 0.1) is 0 Å². The average Bonchev–Trinajstić information content (AvgIpc) is 2.76. The van der Waals surface area contributed by atoms with Crippen LogP contribution in [-0.4, -0.2) is 0 Å². The summed E-state index contributed by atoms with van der Waals surface area (Å²) < 4.78 is 0. The Balaban J connectivity index is -0.000000168. The normalized spacial score (nSPS) is 10.9. The Morgan fingerprint density at radius 2 is 1.17 bits per heavy atom. The van der Waals surface area contributed by atoms with Gasteiger partial charge in [0, 0.05) is 0 Å². The second-order valence-corrected chi connectivity index (χ2v) is 8.26. The molecule has 0 heterocycles. The van der Waals surface area contributed by atoms with Gasteiger partial charge in [-0.05, 0) is 35.8 Å². The fraction of sp³-hybridized carbons (Fsp3) is 0.733. The van der Waals surface area contributed by atoms with E-state index in [0.717, 1.165) is 18.8 Å². The first-order valence-electron chi connectivity index (χ1n) is 13.0. The highest BCUT2D eigenvalue weighted by Gasteiger charge is 2.02. The van der Waals surface area contributed by atoms with Crippen molar-refractivity contribution in [3.8, 4) is 0 Å². The van der Waals surface area contributed by atoms with Gasteiger partial charge >= 0.3 is 0 Å². The molecule has 0 radical (unpaired) electrons. The molecule has 0 nitrogen and oxygen atoms in total. The number of unbranched alkanes of at least 4 members (excludes halogenated alkanes) is 1. The molecule has 1 aromatic carbocycles. The predicted molar refractivity (Wildman–Crippen MR) is 146 cm³/mol.